The van der Waals surface area contributed by atoms with Gasteiger partial charge in [0.25, 0.3) is 0 Å². The van der Waals surface area contributed by atoms with Crippen LogP contribution in [0.15, 0.2) is 42.7 Å². The zero-order valence-corrected chi connectivity index (χ0v) is 15.0. The molecule has 1 N–H and O–H groups in total. The molecule has 0 saturated carbocycles. The average molecular weight is 338 g/mol. The van der Waals surface area contributed by atoms with E-state index < -0.39 is 0 Å². The average Bonchev–Trinajstić information content (AvgIpc) is 2.60. The maximum atomic E-state index is 12.3. The highest BCUT2D eigenvalue weighted by Crippen LogP contribution is 2.16. The highest BCUT2D eigenvalue weighted by Gasteiger charge is 2.19. The third-order valence-corrected chi connectivity index (χ3v) is 4.62. The van der Waals surface area contributed by atoms with Crippen molar-refractivity contribution in [2.24, 2.45) is 0 Å². The molecule has 1 aliphatic heterocycles. The minimum absolute atomic E-state index is 0.0627. The van der Waals surface area contributed by atoms with Gasteiger partial charge in [-0.05, 0) is 37.1 Å². The smallest absolute Gasteiger partial charge is 0.238 e. The summed E-state index contributed by atoms with van der Waals surface area (Å²) in [5, 5.41) is 3.03. The topological polar surface area (TPSA) is 48.5 Å². The number of anilines is 1. The van der Waals surface area contributed by atoms with Gasteiger partial charge in [-0.1, -0.05) is 23.8 Å². The molecule has 1 aromatic heterocycles. The zero-order valence-electron chi connectivity index (χ0n) is 15.0. The van der Waals surface area contributed by atoms with Crippen LogP contribution in [0.1, 0.15) is 16.7 Å². The van der Waals surface area contributed by atoms with Crippen LogP contribution in [0.4, 0.5) is 5.69 Å². The minimum atomic E-state index is 0.0627. The number of carbonyl (C=O) groups is 1. The van der Waals surface area contributed by atoms with E-state index in [1.165, 1.54) is 11.1 Å². The molecule has 25 heavy (non-hydrogen) atoms. The number of amides is 1. The van der Waals surface area contributed by atoms with Gasteiger partial charge in [0.15, 0.2) is 0 Å². The first-order valence-corrected chi connectivity index (χ1v) is 8.81. The number of hydrogen-bond acceptors (Lipinski definition) is 4. The normalized spacial score (nSPS) is 15.9. The van der Waals surface area contributed by atoms with E-state index in [0.29, 0.717) is 6.54 Å². The van der Waals surface area contributed by atoms with Gasteiger partial charge in [0.1, 0.15) is 0 Å². The van der Waals surface area contributed by atoms with Gasteiger partial charge in [0, 0.05) is 50.8 Å². The fraction of sp³-hybridized carbons (Fsp3) is 0.400. The molecule has 1 saturated heterocycles. The number of rotatable bonds is 5. The fourth-order valence-corrected chi connectivity index (χ4v) is 3.20. The van der Waals surface area contributed by atoms with E-state index in [1.54, 1.807) is 6.20 Å². The summed E-state index contributed by atoms with van der Waals surface area (Å²) in [6.07, 6.45) is 3.72. The second-order valence-corrected chi connectivity index (χ2v) is 6.78. The molecule has 1 aromatic carbocycles. The summed E-state index contributed by atoms with van der Waals surface area (Å²) in [5.74, 6) is 0.0627. The van der Waals surface area contributed by atoms with Crippen molar-refractivity contribution in [3.8, 4) is 0 Å². The van der Waals surface area contributed by atoms with Gasteiger partial charge in [-0.3, -0.25) is 19.6 Å². The molecule has 3 rings (SSSR count). The molecule has 0 bridgehead atoms. The Hall–Kier alpha value is -2.24. The summed E-state index contributed by atoms with van der Waals surface area (Å²) in [4.78, 5) is 21.1. The van der Waals surface area contributed by atoms with Crippen LogP contribution in [-0.2, 0) is 11.3 Å². The van der Waals surface area contributed by atoms with E-state index >= 15 is 0 Å². The summed E-state index contributed by atoms with van der Waals surface area (Å²) < 4.78 is 0. The molecule has 2 aromatic rings. The lowest BCUT2D eigenvalue weighted by atomic mass is 10.1. The van der Waals surface area contributed by atoms with Crippen molar-refractivity contribution in [3.05, 3.63) is 59.4 Å². The molecule has 0 unspecified atom stereocenters. The standard InChI is InChI=1S/C20H26N4O/c1-16-5-6-19(17(2)12-16)22-20(25)15-24-10-8-23(9-11-24)14-18-4-3-7-21-13-18/h3-7,12-13H,8-11,14-15H2,1-2H3,(H,22,25). The van der Waals surface area contributed by atoms with Crippen LogP contribution >= 0.6 is 0 Å². The number of carbonyl (C=O) groups excluding carboxylic acids is 1. The van der Waals surface area contributed by atoms with E-state index in [2.05, 4.69) is 39.2 Å². The van der Waals surface area contributed by atoms with E-state index in [1.807, 2.05) is 31.3 Å². The molecular weight excluding hydrogens is 312 g/mol. The van der Waals surface area contributed by atoms with Crippen LogP contribution in [0.3, 0.4) is 0 Å². The fourth-order valence-electron chi connectivity index (χ4n) is 3.20. The van der Waals surface area contributed by atoms with Crippen LogP contribution in [0, 0.1) is 13.8 Å². The second-order valence-electron chi connectivity index (χ2n) is 6.78. The Bertz CT molecular complexity index is 709. The van der Waals surface area contributed by atoms with Gasteiger partial charge >= 0.3 is 0 Å². The molecule has 2 heterocycles. The predicted molar refractivity (Wildman–Crippen MR) is 100 cm³/mol. The molecule has 0 radical (unpaired) electrons. The molecule has 132 valence electrons. The Morgan fingerprint density at radius 2 is 1.88 bits per heavy atom. The largest absolute Gasteiger partial charge is 0.325 e. The Balaban J connectivity index is 1.44. The molecule has 1 amide bonds. The van der Waals surface area contributed by atoms with E-state index in [0.717, 1.165) is 44.0 Å². The van der Waals surface area contributed by atoms with Gasteiger partial charge in [-0.15, -0.1) is 0 Å². The van der Waals surface area contributed by atoms with Crippen molar-refractivity contribution >= 4 is 11.6 Å². The predicted octanol–water partition coefficient (Wildman–Crippen LogP) is 2.45. The number of aromatic nitrogens is 1. The molecule has 0 aliphatic carbocycles. The maximum Gasteiger partial charge on any atom is 0.238 e. The number of pyridine rings is 1. The van der Waals surface area contributed by atoms with Crippen LogP contribution in [-0.4, -0.2) is 53.4 Å². The van der Waals surface area contributed by atoms with Crippen molar-refractivity contribution in [1.29, 1.82) is 0 Å². The van der Waals surface area contributed by atoms with E-state index in [-0.39, 0.29) is 5.91 Å². The van der Waals surface area contributed by atoms with Crippen molar-refractivity contribution in [3.63, 3.8) is 0 Å². The van der Waals surface area contributed by atoms with Gasteiger partial charge in [0.05, 0.1) is 6.54 Å². The van der Waals surface area contributed by atoms with Crippen LogP contribution in [0.2, 0.25) is 0 Å². The third-order valence-electron chi connectivity index (χ3n) is 4.62. The Morgan fingerprint density at radius 1 is 1.12 bits per heavy atom. The second kappa shape index (κ2) is 8.23. The lowest BCUT2D eigenvalue weighted by Gasteiger charge is -2.34. The van der Waals surface area contributed by atoms with Gasteiger partial charge < -0.3 is 5.32 Å². The lowest BCUT2D eigenvalue weighted by molar-refractivity contribution is -0.117. The first-order valence-electron chi connectivity index (χ1n) is 8.81. The number of benzene rings is 1. The first-order chi connectivity index (χ1) is 12.1. The first kappa shape index (κ1) is 17.6. The molecule has 1 aliphatic rings. The summed E-state index contributed by atoms with van der Waals surface area (Å²) in [7, 11) is 0. The third kappa shape index (κ3) is 5.11. The van der Waals surface area contributed by atoms with Crippen LogP contribution in [0.5, 0.6) is 0 Å². The summed E-state index contributed by atoms with van der Waals surface area (Å²) in [6, 6.07) is 10.2. The SMILES string of the molecule is Cc1ccc(NC(=O)CN2CCN(Cc3cccnc3)CC2)c(C)c1. The molecule has 0 spiro atoms. The molecule has 0 atom stereocenters. The number of nitrogens with zero attached hydrogens (tertiary/aromatic N) is 3. The maximum absolute atomic E-state index is 12.3. The molecular formula is C20H26N4O. The van der Waals surface area contributed by atoms with Crippen molar-refractivity contribution < 1.29 is 4.79 Å². The van der Waals surface area contributed by atoms with Crippen LogP contribution in [0.25, 0.3) is 0 Å². The number of hydrogen-bond donors (Lipinski definition) is 1. The molecule has 5 heteroatoms. The summed E-state index contributed by atoms with van der Waals surface area (Å²) in [6.45, 7) is 9.26. The summed E-state index contributed by atoms with van der Waals surface area (Å²) in [5.41, 5.74) is 4.46. The molecule has 5 nitrogen and oxygen atoms in total. The van der Waals surface area contributed by atoms with Crippen LogP contribution < -0.4 is 5.32 Å². The lowest BCUT2D eigenvalue weighted by Crippen LogP contribution is -2.48. The summed E-state index contributed by atoms with van der Waals surface area (Å²) >= 11 is 0. The quantitative estimate of drug-likeness (QED) is 0.910. The highest BCUT2D eigenvalue weighted by molar-refractivity contribution is 5.93. The van der Waals surface area contributed by atoms with E-state index in [9.17, 15) is 4.79 Å². The highest BCUT2D eigenvalue weighted by atomic mass is 16.2. The van der Waals surface area contributed by atoms with E-state index in [4.69, 9.17) is 0 Å². The minimum Gasteiger partial charge on any atom is -0.325 e. The van der Waals surface area contributed by atoms with Crippen molar-refractivity contribution in [2.75, 3.05) is 38.0 Å². The monoisotopic (exact) mass is 338 g/mol. The van der Waals surface area contributed by atoms with Gasteiger partial charge in [-0.2, -0.15) is 0 Å². The van der Waals surface area contributed by atoms with Crippen molar-refractivity contribution in [1.82, 2.24) is 14.8 Å². The number of piperazine rings is 1. The Labute approximate surface area is 149 Å². The van der Waals surface area contributed by atoms with Gasteiger partial charge in [0.2, 0.25) is 5.91 Å². The molecule has 1 fully saturated rings. The van der Waals surface area contributed by atoms with Gasteiger partial charge in [-0.25, -0.2) is 0 Å². The number of aryl methyl sites for hydroxylation is 2. The Kier molecular flexibility index (Phi) is 5.79. The number of nitrogens with one attached hydrogen (secondary N) is 1. The Morgan fingerprint density at radius 3 is 2.56 bits per heavy atom. The zero-order chi connectivity index (χ0) is 17.6. The van der Waals surface area contributed by atoms with Crippen molar-refractivity contribution in [2.45, 2.75) is 20.4 Å².